The number of hydrogen-bond donors (Lipinski definition) is 0. The van der Waals surface area contributed by atoms with Gasteiger partial charge in [-0.3, -0.25) is 0 Å². The Hall–Kier alpha value is -2.10. The highest BCUT2D eigenvalue weighted by atomic mass is 16.5. The van der Waals surface area contributed by atoms with Crippen LogP contribution in [-0.4, -0.2) is 25.2 Å². The summed E-state index contributed by atoms with van der Waals surface area (Å²) in [6.45, 7) is 9.09. The molecule has 4 nitrogen and oxygen atoms in total. The third kappa shape index (κ3) is 15.5. The summed E-state index contributed by atoms with van der Waals surface area (Å²) >= 11 is 0. The molecular formula is C31H50O4. The monoisotopic (exact) mass is 486 g/mol. The molecule has 0 saturated heterocycles. The van der Waals surface area contributed by atoms with Gasteiger partial charge in [0.2, 0.25) is 0 Å². The van der Waals surface area contributed by atoms with Gasteiger partial charge < -0.3 is 9.47 Å². The quantitative estimate of drug-likeness (QED) is 0.133. The number of carbonyl (C=O) groups is 2. The van der Waals surface area contributed by atoms with Crippen LogP contribution in [-0.2, 0) is 9.47 Å². The molecule has 0 aromatic heterocycles. The fourth-order valence-electron chi connectivity index (χ4n) is 4.14. The van der Waals surface area contributed by atoms with E-state index in [0.29, 0.717) is 24.3 Å². The van der Waals surface area contributed by atoms with Crippen LogP contribution in [0.5, 0.6) is 0 Å². The molecule has 0 aliphatic heterocycles. The van der Waals surface area contributed by atoms with E-state index in [1.54, 1.807) is 24.3 Å². The van der Waals surface area contributed by atoms with E-state index in [-0.39, 0.29) is 0 Å². The van der Waals surface area contributed by atoms with Crippen LogP contribution in [0.4, 0.5) is 0 Å². The second kappa shape index (κ2) is 21.2. The summed E-state index contributed by atoms with van der Waals surface area (Å²) in [7, 11) is 0. The van der Waals surface area contributed by atoms with Crippen molar-refractivity contribution in [2.75, 3.05) is 13.2 Å². The van der Waals surface area contributed by atoms with E-state index >= 15 is 0 Å². The summed E-state index contributed by atoms with van der Waals surface area (Å²) in [4.78, 5) is 24.7. The molecule has 198 valence electrons. The molecule has 0 atom stereocenters. The maximum absolute atomic E-state index is 12.4. The maximum atomic E-state index is 12.4. The van der Waals surface area contributed by atoms with Gasteiger partial charge in [-0.05, 0) is 50.7 Å². The number of hydrogen-bond acceptors (Lipinski definition) is 4. The number of unbranched alkanes of at least 4 members (excludes halogenated alkanes) is 10. The first-order valence-corrected chi connectivity index (χ1v) is 14.2. The Labute approximate surface area is 214 Å². The van der Waals surface area contributed by atoms with E-state index in [2.05, 4.69) is 20.4 Å². The van der Waals surface area contributed by atoms with Crippen molar-refractivity contribution in [1.82, 2.24) is 0 Å². The first kappa shape index (κ1) is 30.9. The third-order valence-electron chi connectivity index (χ3n) is 6.39. The van der Waals surface area contributed by atoms with Gasteiger partial charge in [-0.25, -0.2) is 9.59 Å². The first-order valence-electron chi connectivity index (χ1n) is 14.2. The molecule has 0 amide bonds. The Bertz CT molecular complexity index is 653. The van der Waals surface area contributed by atoms with Crippen LogP contribution < -0.4 is 0 Å². The zero-order valence-corrected chi connectivity index (χ0v) is 22.6. The molecule has 35 heavy (non-hydrogen) atoms. The lowest BCUT2D eigenvalue weighted by Gasteiger charge is -2.10. The standard InChI is InChI=1S/C24H38O4.C7H12/c1-3-5-7-9-11-15-19-27-23(25)21-17-13-14-18-22(21)24(26)28-20-16-12-10-8-6-4-2;1-7-5-3-2-4-6-7/h13-14,17-18H,3-12,15-16,19-20H2,1-2H3;1-6H2. The van der Waals surface area contributed by atoms with Crippen molar-refractivity contribution in [3.63, 3.8) is 0 Å². The molecule has 1 fully saturated rings. The summed E-state index contributed by atoms with van der Waals surface area (Å²) in [5.41, 5.74) is 2.05. The number of carbonyl (C=O) groups excluding carboxylic acids is 2. The van der Waals surface area contributed by atoms with E-state index in [0.717, 1.165) is 25.7 Å². The van der Waals surface area contributed by atoms with Gasteiger partial charge in [0.05, 0.1) is 24.3 Å². The van der Waals surface area contributed by atoms with E-state index < -0.39 is 11.9 Å². The fourth-order valence-corrected chi connectivity index (χ4v) is 4.14. The molecule has 1 aromatic rings. The Morgan fingerprint density at radius 3 is 1.43 bits per heavy atom. The van der Waals surface area contributed by atoms with Crippen LogP contribution >= 0.6 is 0 Å². The van der Waals surface area contributed by atoms with Crippen molar-refractivity contribution in [2.24, 2.45) is 0 Å². The average Bonchev–Trinajstić information content (AvgIpc) is 2.88. The lowest BCUT2D eigenvalue weighted by atomic mass is 9.97. The van der Waals surface area contributed by atoms with Gasteiger partial charge >= 0.3 is 11.9 Å². The highest BCUT2D eigenvalue weighted by molar-refractivity contribution is 6.03. The molecule has 1 aromatic carbocycles. The average molecular weight is 487 g/mol. The second-order valence-electron chi connectivity index (χ2n) is 9.66. The van der Waals surface area contributed by atoms with Crippen LogP contribution in [0, 0.1) is 0 Å². The van der Waals surface area contributed by atoms with Gasteiger partial charge in [0.15, 0.2) is 0 Å². The van der Waals surface area contributed by atoms with Gasteiger partial charge in [-0.1, -0.05) is 109 Å². The highest BCUT2D eigenvalue weighted by Gasteiger charge is 2.18. The minimum atomic E-state index is -0.444. The topological polar surface area (TPSA) is 52.6 Å². The predicted octanol–water partition coefficient (Wildman–Crippen LogP) is 9.23. The third-order valence-corrected chi connectivity index (χ3v) is 6.39. The number of rotatable bonds is 16. The Kier molecular flexibility index (Phi) is 18.7. The molecule has 1 aliphatic rings. The van der Waals surface area contributed by atoms with E-state index in [4.69, 9.17) is 9.47 Å². The minimum absolute atomic E-state index is 0.293. The summed E-state index contributed by atoms with van der Waals surface area (Å²) in [5, 5.41) is 0. The molecule has 0 unspecified atom stereocenters. The van der Waals surface area contributed by atoms with Crippen molar-refractivity contribution < 1.29 is 19.1 Å². The molecule has 0 N–H and O–H groups in total. The largest absolute Gasteiger partial charge is 0.462 e. The van der Waals surface area contributed by atoms with Gasteiger partial charge in [0.25, 0.3) is 0 Å². The first-order chi connectivity index (χ1) is 17.1. The van der Waals surface area contributed by atoms with Crippen LogP contribution in [0.2, 0.25) is 0 Å². The SMILES string of the molecule is C=C1CCCCC1.CCCCCCCCOC(=O)c1ccccc1C(=O)OCCCCCCCC. The van der Waals surface area contributed by atoms with Crippen molar-refractivity contribution in [3.8, 4) is 0 Å². The smallest absolute Gasteiger partial charge is 0.339 e. The lowest BCUT2D eigenvalue weighted by Crippen LogP contribution is -2.15. The van der Waals surface area contributed by atoms with Gasteiger partial charge in [-0.15, -0.1) is 0 Å². The maximum Gasteiger partial charge on any atom is 0.339 e. The predicted molar refractivity (Wildman–Crippen MR) is 146 cm³/mol. The summed E-state index contributed by atoms with van der Waals surface area (Å²) in [6, 6.07) is 6.74. The molecular weight excluding hydrogens is 436 g/mol. The van der Waals surface area contributed by atoms with Gasteiger partial charge in [0, 0.05) is 0 Å². The molecule has 0 spiro atoms. The lowest BCUT2D eigenvalue weighted by molar-refractivity contribution is 0.0450. The summed E-state index contributed by atoms with van der Waals surface area (Å²) in [5.74, 6) is -0.888. The Balaban J connectivity index is 0.000000744. The molecule has 2 rings (SSSR count). The Morgan fingerprint density at radius 2 is 1.06 bits per heavy atom. The van der Waals surface area contributed by atoms with Crippen molar-refractivity contribution in [3.05, 3.63) is 47.5 Å². The zero-order valence-electron chi connectivity index (χ0n) is 22.6. The van der Waals surface area contributed by atoms with Crippen LogP contribution in [0.3, 0.4) is 0 Å². The van der Waals surface area contributed by atoms with E-state index in [1.165, 1.54) is 89.0 Å². The van der Waals surface area contributed by atoms with E-state index in [9.17, 15) is 9.59 Å². The molecule has 0 bridgehead atoms. The van der Waals surface area contributed by atoms with Gasteiger partial charge in [-0.2, -0.15) is 0 Å². The molecule has 1 aliphatic carbocycles. The Morgan fingerprint density at radius 1 is 0.657 bits per heavy atom. The molecule has 0 heterocycles. The van der Waals surface area contributed by atoms with Gasteiger partial charge in [0.1, 0.15) is 0 Å². The molecule has 4 heteroatoms. The van der Waals surface area contributed by atoms with Crippen LogP contribution in [0.1, 0.15) is 144 Å². The number of ether oxygens (including phenoxy) is 2. The summed E-state index contributed by atoms with van der Waals surface area (Å²) < 4.78 is 10.7. The van der Waals surface area contributed by atoms with Crippen LogP contribution in [0.15, 0.2) is 36.4 Å². The van der Waals surface area contributed by atoms with Crippen molar-refractivity contribution in [2.45, 2.75) is 123 Å². The van der Waals surface area contributed by atoms with Crippen LogP contribution in [0.25, 0.3) is 0 Å². The minimum Gasteiger partial charge on any atom is -0.462 e. The fraction of sp³-hybridized carbons (Fsp3) is 0.677. The molecule has 0 radical (unpaired) electrons. The summed E-state index contributed by atoms with van der Waals surface area (Å²) in [6.07, 6.45) is 20.4. The van der Waals surface area contributed by atoms with Crippen molar-refractivity contribution in [1.29, 1.82) is 0 Å². The normalized spacial score (nSPS) is 13.0. The number of allylic oxidation sites excluding steroid dienone is 1. The number of esters is 2. The van der Waals surface area contributed by atoms with Crippen molar-refractivity contribution >= 4 is 11.9 Å². The second-order valence-corrected chi connectivity index (χ2v) is 9.66. The molecule has 1 saturated carbocycles. The number of benzene rings is 1. The zero-order chi connectivity index (χ0) is 25.6. The highest BCUT2D eigenvalue weighted by Crippen LogP contribution is 2.20. The van der Waals surface area contributed by atoms with E-state index in [1.807, 2.05) is 0 Å².